The van der Waals surface area contributed by atoms with Crippen LogP contribution >= 0.6 is 15.6 Å². The standard InChI is InChI=1S/C65H112O16P2/c1-4-7-10-13-16-19-22-24-26-27-28-29-30-31-33-35-37-39-42-45-48-51-63(68)75-54-60(66)55-77-82(71,72)78-56-61(67)57-79-83(73,74)80-59-62(81-65(70)53-50-47-44-41-36-21-18-15-12-9-6-3)58-76-64(69)52-49-46-43-40-38-34-32-25-23-20-17-14-11-8-5-2/h7,10,15-20,24-26,28-29,31-33,60-62,66-67H,4-6,8-9,11-14,21-23,27,30,34-59H2,1-3H3,(H,71,72)(H,73,74)/b10-7-,18-15-,19-16-,20-17-,26-24-,29-28-,32-25-,33-31-. The minimum atomic E-state index is -4.92. The Kier molecular flexibility index (Phi) is 56.3. The van der Waals surface area contributed by atoms with Crippen molar-refractivity contribution in [2.45, 2.75) is 257 Å². The maximum atomic E-state index is 12.8. The molecule has 0 aliphatic carbocycles. The summed E-state index contributed by atoms with van der Waals surface area (Å²) in [5.74, 6) is -1.62. The summed E-state index contributed by atoms with van der Waals surface area (Å²) in [7, 11) is -9.77. The van der Waals surface area contributed by atoms with Gasteiger partial charge in [0.15, 0.2) is 6.10 Å². The minimum Gasteiger partial charge on any atom is -0.463 e. The van der Waals surface area contributed by atoms with Gasteiger partial charge in [-0.3, -0.25) is 32.5 Å². The van der Waals surface area contributed by atoms with Crippen LogP contribution in [-0.4, -0.2) is 95.9 Å². The number of aliphatic hydroxyl groups excluding tert-OH is 2. The lowest BCUT2D eigenvalue weighted by Crippen LogP contribution is -2.30. The van der Waals surface area contributed by atoms with E-state index in [4.69, 9.17) is 32.3 Å². The van der Waals surface area contributed by atoms with E-state index >= 15 is 0 Å². The summed E-state index contributed by atoms with van der Waals surface area (Å²) < 4.78 is 60.6. The van der Waals surface area contributed by atoms with Crippen LogP contribution in [0.15, 0.2) is 97.2 Å². The topological polar surface area (TPSA) is 231 Å². The van der Waals surface area contributed by atoms with Gasteiger partial charge in [-0.25, -0.2) is 9.13 Å². The third-order valence-corrected chi connectivity index (χ3v) is 14.7. The van der Waals surface area contributed by atoms with Crippen LogP contribution in [-0.2, 0) is 55.8 Å². The van der Waals surface area contributed by atoms with E-state index in [1.54, 1.807) is 0 Å². The summed E-state index contributed by atoms with van der Waals surface area (Å²) in [5, 5.41) is 20.5. The number of carbonyl (C=O) groups excluding carboxylic acids is 3. The first-order valence-electron chi connectivity index (χ1n) is 31.5. The van der Waals surface area contributed by atoms with E-state index in [0.717, 1.165) is 148 Å². The van der Waals surface area contributed by atoms with Crippen molar-refractivity contribution < 1.29 is 75.8 Å². The highest BCUT2D eigenvalue weighted by molar-refractivity contribution is 7.47. The Morgan fingerprint density at radius 3 is 1.06 bits per heavy atom. The van der Waals surface area contributed by atoms with Crippen molar-refractivity contribution in [1.82, 2.24) is 0 Å². The van der Waals surface area contributed by atoms with Crippen molar-refractivity contribution in [2.24, 2.45) is 0 Å². The molecule has 478 valence electrons. The molecule has 83 heavy (non-hydrogen) atoms. The molecule has 0 aromatic carbocycles. The number of unbranched alkanes of at least 4 members (excludes halogenated alkanes) is 20. The van der Waals surface area contributed by atoms with Crippen LogP contribution in [0.5, 0.6) is 0 Å². The second kappa shape index (κ2) is 58.8. The lowest BCUT2D eigenvalue weighted by atomic mass is 10.1. The maximum Gasteiger partial charge on any atom is 0.472 e. The largest absolute Gasteiger partial charge is 0.472 e. The van der Waals surface area contributed by atoms with E-state index < -0.39 is 91.5 Å². The Bertz CT molecular complexity index is 1910. The fourth-order valence-electron chi connectivity index (χ4n) is 7.90. The molecule has 0 rings (SSSR count). The molecule has 0 aliphatic rings. The predicted octanol–water partition coefficient (Wildman–Crippen LogP) is 16.7. The molecule has 16 nitrogen and oxygen atoms in total. The lowest BCUT2D eigenvalue weighted by molar-refractivity contribution is -0.161. The number of ether oxygens (including phenoxy) is 3. The number of carbonyl (C=O) groups is 3. The van der Waals surface area contributed by atoms with Crippen LogP contribution in [0, 0.1) is 0 Å². The zero-order valence-electron chi connectivity index (χ0n) is 51.3. The lowest BCUT2D eigenvalue weighted by Gasteiger charge is -2.21. The third-order valence-electron chi connectivity index (χ3n) is 12.8. The molecule has 0 saturated carbocycles. The second-order valence-corrected chi connectivity index (χ2v) is 23.7. The quantitative estimate of drug-likeness (QED) is 0.0146. The SMILES string of the molecule is CC/C=C\C/C=C\C/C=C\C/C=C\C/C=C\CCCCCCCC(=O)OCC(O)COP(=O)(O)OCC(O)COP(=O)(O)OCC(COC(=O)CCCCCCC/C=C\C/C=C\CCCCC)OC(=O)CCCCCCC/C=C\CCCC. The number of phosphoric ester groups is 2. The van der Waals surface area contributed by atoms with Gasteiger partial charge in [-0.1, -0.05) is 201 Å². The summed E-state index contributed by atoms with van der Waals surface area (Å²) in [5.41, 5.74) is 0. The maximum absolute atomic E-state index is 12.8. The number of rotatable bonds is 59. The first-order valence-corrected chi connectivity index (χ1v) is 34.5. The van der Waals surface area contributed by atoms with Crippen LogP contribution < -0.4 is 0 Å². The highest BCUT2D eigenvalue weighted by Crippen LogP contribution is 2.45. The zero-order valence-corrected chi connectivity index (χ0v) is 53.1. The Hall–Kier alpha value is -3.53. The van der Waals surface area contributed by atoms with Crippen LogP contribution in [0.25, 0.3) is 0 Å². The molecule has 5 unspecified atom stereocenters. The minimum absolute atomic E-state index is 0.0899. The number of hydrogen-bond donors (Lipinski definition) is 4. The molecule has 0 aromatic rings. The van der Waals surface area contributed by atoms with Gasteiger partial charge in [-0.2, -0.15) is 0 Å². The molecule has 0 fully saturated rings. The molecule has 0 bridgehead atoms. The van der Waals surface area contributed by atoms with Gasteiger partial charge in [0.1, 0.15) is 25.4 Å². The zero-order chi connectivity index (χ0) is 61.0. The van der Waals surface area contributed by atoms with Crippen molar-refractivity contribution >= 4 is 33.6 Å². The van der Waals surface area contributed by atoms with Gasteiger partial charge in [0.25, 0.3) is 0 Å². The number of aliphatic hydroxyl groups is 2. The molecular weight excluding hydrogens is 1100 g/mol. The monoisotopic (exact) mass is 1210 g/mol. The van der Waals surface area contributed by atoms with Gasteiger partial charge < -0.3 is 34.2 Å². The first kappa shape index (κ1) is 79.5. The van der Waals surface area contributed by atoms with Crippen molar-refractivity contribution in [1.29, 1.82) is 0 Å². The number of hydrogen-bond acceptors (Lipinski definition) is 14. The van der Waals surface area contributed by atoms with Gasteiger partial charge in [0.05, 0.1) is 26.4 Å². The summed E-state index contributed by atoms with van der Waals surface area (Å²) >= 11 is 0. The fraction of sp³-hybridized carbons (Fsp3) is 0.708. The molecule has 0 aromatic heterocycles. The molecule has 0 amide bonds. The van der Waals surface area contributed by atoms with Gasteiger partial charge >= 0.3 is 33.6 Å². The summed E-state index contributed by atoms with van der Waals surface area (Å²) in [6.45, 7) is 2.41. The average molecular weight is 1210 g/mol. The van der Waals surface area contributed by atoms with Gasteiger partial charge in [0, 0.05) is 19.3 Å². The van der Waals surface area contributed by atoms with E-state index in [0.29, 0.717) is 19.3 Å². The number of phosphoric acid groups is 2. The number of esters is 3. The molecule has 5 atom stereocenters. The van der Waals surface area contributed by atoms with E-state index in [9.17, 15) is 43.5 Å². The second-order valence-electron chi connectivity index (χ2n) is 20.8. The Morgan fingerprint density at radius 2 is 0.651 bits per heavy atom. The average Bonchev–Trinajstić information content (AvgIpc) is 3.46. The molecule has 0 aliphatic heterocycles. The Labute approximate surface area is 501 Å². The highest BCUT2D eigenvalue weighted by atomic mass is 31.2. The number of allylic oxidation sites excluding steroid dienone is 16. The van der Waals surface area contributed by atoms with E-state index in [-0.39, 0.29) is 19.3 Å². The van der Waals surface area contributed by atoms with Crippen molar-refractivity contribution in [3.05, 3.63) is 97.2 Å². The van der Waals surface area contributed by atoms with Crippen molar-refractivity contribution in [2.75, 3.05) is 39.6 Å². The molecule has 0 radical (unpaired) electrons. The van der Waals surface area contributed by atoms with Crippen LogP contribution in [0.3, 0.4) is 0 Å². The molecule has 0 saturated heterocycles. The summed E-state index contributed by atoms with van der Waals surface area (Å²) in [6, 6.07) is 0. The Balaban J connectivity index is 4.61. The summed E-state index contributed by atoms with van der Waals surface area (Å²) in [6.07, 6.45) is 61.9. The highest BCUT2D eigenvalue weighted by Gasteiger charge is 2.29. The Morgan fingerprint density at radius 1 is 0.349 bits per heavy atom. The van der Waals surface area contributed by atoms with E-state index in [1.807, 2.05) is 0 Å². The van der Waals surface area contributed by atoms with Gasteiger partial charge in [0.2, 0.25) is 0 Å². The van der Waals surface area contributed by atoms with E-state index in [1.165, 1.54) is 32.1 Å². The van der Waals surface area contributed by atoms with Crippen molar-refractivity contribution in [3.8, 4) is 0 Å². The van der Waals surface area contributed by atoms with Crippen LogP contribution in [0.2, 0.25) is 0 Å². The molecule has 18 heteroatoms. The molecular formula is C65H112O16P2. The fourth-order valence-corrected chi connectivity index (χ4v) is 9.48. The van der Waals surface area contributed by atoms with Gasteiger partial charge in [-0.05, 0) is 116 Å². The predicted molar refractivity (Wildman–Crippen MR) is 334 cm³/mol. The summed E-state index contributed by atoms with van der Waals surface area (Å²) in [4.78, 5) is 58.1. The van der Waals surface area contributed by atoms with Crippen molar-refractivity contribution in [3.63, 3.8) is 0 Å². The van der Waals surface area contributed by atoms with E-state index in [2.05, 4.69) is 118 Å². The molecule has 4 N–H and O–H groups in total. The first-order chi connectivity index (χ1) is 40.2. The normalized spacial score (nSPS) is 15.0. The molecule has 0 heterocycles. The van der Waals surface area contributed by atoms with Crippen LogP contribution in [0.1, 0.15) is 239 Å². The van der Waals surface area contributed by atoms with Gasteiger partial charge in [-0.15, -0.1) is 0 Å². The van der Waals surface area contributed by atoms with Crippen LogP contribution in [0.4, 0.5) is 0 Å². The molecule has 0 spiro atoms. The third kappa shape index (κ3) is 60.0. The smallest absolute Gasteiger partial charge is 0.463 e.